The Morgan fingerprint density at radius 1 is 0.810 bits per heavy atom. The molecule has 0 radical (unpaired) electrons. The second-order valence-electron chi connectivity index (χ2n) is 9.69. The maximum Gasteiger partial charge on any atom is 0.287 e. The van der Waals surface area contributed by atoms with Crippen LogP contribution in [0.25, 0.3) is 27.6 Å². The third-order valence-electron chi connectivity index (χ3n) is 7.12. The molecule has 2 amide bonds. The summed E-state index contributed by atoms with van der Waals surface area (Å²) in [5.74, 6) is -1.06. The van der Waals surface area contributed by atoms with Gasteiger partial charge in [-0.3, -0.25) is 9.59 Å². The molecule has 0 fully saturated rings. The minimum absolute atomic E-state index is 0.0374. The van der Waals surface area contributed by atoms with E-state index in [4.69, 9.17) is 11.6 Å². The van der Waals surface area contributed by atoms with Gasteiger partial charge >= 0.3 is 0 Å². The van der Waals surface area contributed by atoms with Gasteiger partial charge in [-0.15, -0.1) is 0 Å². The largest absolute Gasteiger partial charge is 0.372 e. The lowest BCUT2D eigenvalue weighted by atomic mass is 9.97. The number of halogens is 1. The first kappa shape index (κ1) is 28.6. The number of nitrogens with one attached hydrogen (secondary N) is 2. The van der Waals surface area contributed by atoms with Crippen molar-refractivity contribution < 1.29 is 9.59 Å². The number of rotatable bonds is 9. The second kappa shape index (κ2) is 13.1. The molecule has 0 atom stereocenters. The normalized spacial score (nSPS) is 11.6. The average Bonchev–Trinajstić information content (AvgIpc) is 3.01. The van der Waals surface area contributed by atoms with E-state index in [0.717, 1.165) is 51.4 Å². The molecule has 0 saturated carbocycles. The summed E-state index contributed by atoms with van der Waals surface area (Å²) in [6.07, 6.45) is 3.27. The topological polar surface area (TPSA) is 73.8 Å². The van der Waals surface area contributed by atoms with Gasteiger partial charge in [0, 0.05) is 24.3 Å². The first-order valence-electron chi connectivity index (χ1n) is 13.8. The number of benzene rings is 5. The van der Waals surface area contributed by atoms with Gasteiger partial charge in [0.25, 0.3) is 11.8 Å². The van der Waals surface area contributed by atoms with Crippen LogP contribution < -0.4 is 15.6 Å². The average molecular weight is 575 g/mol. The third-order valence-corrected chi connectivity index (χ3v) is 7.45. The molecule has 7 heteroatoms. The van der Waals surface area contributed by atoms with Crippen molar-refractivity contribution in [3.05, 3.63) is 131 Å². The number of amides is 2. The molecule has 0 aromatic heterocycles. The highest BCUT2D eigenvalue weighted by molar-refractivity contribution is 6.34. The van der Waals surface area contributed by atoms with E-state index < -0.39 is 11.8 Å². The molecule has 0 unspecified atom stereocenters. The fourth-order valence-electron chi connectivity index (χ4n) is 4.93. The van der Waals surface area contributed by atoms with Crippen LogP contribution in [0.5, 0.6) is 0 Å². The van der Waals surface area contributed by atoms with E-state index in [0.29, 0.717) is 5.02 Å². The molecular weight excluding hydrogens is 544 g/mol. The quantitative estimate of drug-likeness (QED) is 0.0833. The van der Waals surface area contributed by atoms with Gasteiger partial charge in [0.2, 0.25) is 0 Å². The Balaban J connectivity index is 1.45. The number of fused-ring (bicyclic) bond motifs is 2. The summed E-state index contributed by atoms with van der Waals surface area (Å²) in [6, 6.07) is 32.7. The highest BCUT2D eigenvalue weighted by atomic mass is 35.5. The molecule has 0 spiro atoms. The molecule has 0 bridgehead atoms. The number of carbonyl (C=O) groups excluding carboxylic acids is 2. The Bertz CT molecular complexity index is 1750. The van der Waals surface area contributed by atoms with Crippen LogP contribution in [-0.2, 0) is 4.79 Å². The van der Waals surface area contributed by atoms with E-state index in [-0.39, 0.29) is 11.3 Å². The molecule has 5 aromatic carbocycles. The highest BCUT2D eigenvalue weighted by Crippen LogP contribution is 2.27. The van der Waals surface area contributed by atoms with Crippen LogP contribution in [0.3, 0.4) is 0 Å². The van der Waals surface area contributed by atoms with Gasteiger partial charge in [-0.1, -0.05) is 84.4 Å². The maximum absolute atomic E-state index is 13.4. The van der Waals surface area contributed by atoms with E-state index in [1.807, 2.05) is 72.8 Å². The number of carbonyl (C=O) groups is 2. The van der Waals surface area contributed by atoms with Crippen LogP contribution in [0.1, 0.15) is 35.3 Å². The third kappa shape index (κ3) is 6.35. The smallest absolute Gasteiger partial charge is 0.287 e. The fourth-order valence-corrected chi connectivity index (χ4v) is 5.16. The summed E-state index contributed by atoms with van der Waals surface area (Å²) < 4.78 is 0. The van der Waals surface area contributed by atoms with Gasteiger partial charge in [0.05, 0.1) is 16.8 Å². The summed E-state index contributed by atoms with van der Waals surface area (Å²) in [4.78, 5) is 28.8. The zero-order valence-corrected chi connectivity index (χ0v) is 24.2. The summed E-state index contributed by atoms with van der Waals surface area (Å²) >= 11 is 6.25. The molecule has 0 aliphatic rings. The number of nitrogens with zero attached hydrogens (tertiary/aromatic N) is 2. The van der Waals surface area contributed by atoms with Crippen molar-refractivity contribution in [2.24, 2.45) is 5.10 Å². The number of anilines is 1. The van der Waals surface area contributed by atoms with E-state index in [1.54, 1.807) is 36.6 Å². The molecule has 0 aliphatic heterocycles. The van der Waals surface area contributed by atoms with Gasteiger partial charge in [0.1, 0.15) is 5.70 Å². The summed E-state index contributed by atoms with van der Waals surface area (Å²) in [5, 5.41) is 11.5. The molecule has 210 valence electrons. The van der Waals surface area contributed by atoms with E-state index in [1.165, 1.54) is 0 Å². The van der Waals surface area contributed by atoms with Crippen molar-refractivity contribution in [1.29, 1.82) is 0 Å². The van der Waals surface area contributed by atoms with Gasteiger partial charge in [-0.2, -0.15) is 5.10 Å². The van der Waals surface area contributed by atoms with E-state index in [2.05, 4.69) is 40.7 Å². The molecule has 5 aromatic rings. The van der Waals surface area contributed by atoms with Crippen LogP contribution in [0.15, 0.2) is 114 Å². The molecule has 0 saturated heterocycles. The minimum Gasteiger partial charge on any atom is -0.372 e. The molecule has 42 heavy (non-hydrogen) atoms. The maximum atomic E-state index is 13.4. The summed E-state index contributed by atoms with van der Waals surface area (Å²) in [5.41, 5.74) is 5.63. The molecule has 0 aliphatic carbocycles. The van der Waals surface area contributed by atoms with Crippen molar-refractivity contribution in [3.63, 3.8) is 0 Å². The van der Waals surface area contributed by atoms with Crippen LogP contribution in [0.2, 0.25) is 5.02 Å². The monoisotopic (exact) mass is 574 g/mol. The SMILES string of the molecule is CCN(CC)c1ccc(/C=C(\NC(=O)c2ccccc2Cl)C(=O)N/N=C/c2c3ccccc3cc3ccccc23)cc1. The lowest BCUT2D eigenvalue weighted by molar-refractivity contribution is -0.117. The zero-order valence-electron chi connectivity index (χ0n) is 23.5. The lowest BCUT2D eigenvalue weighted by Crippen LogP contribution is -2.33. The first-order chi connectivity index (χ1) is 20.5. The van der Waals surface area contributed by atoms with Gasteiger partial charge in [-0.25, -0.2) is 5.43 Å². The van der Waals surface area contributed by atoms with Crippen LogP contribution >= 0.6 is 11.6 Å². The standard InChI is InChI=1S/C35H31ClN4O2/c1-3-40(4-2)27-19-17-24(18-20-27)21-33(38-34(41)30-15-9-10-16-32(30)36)35(42)39-37-23-31-28-13-7-5-11-25(28)22-26-12-6-8-14-29(26)31/h5-23H,3-4H2,1-2H3,(H,38,41)(H,39,42)/b33-21-,37-23+. The van der Waals surface area contributed by atoms with Crippen molar-refractivity contribution in [2.45, 2.75) is 13.8 Å². The van der Waals surface area contributed by atoms with Crippen LogP contribution in [0.4, 0.5) is 5.69 Å². The van der Waals surface area contributed by atoms with Crippen LogP contribution in [0, 0.1) is 0 Å². The Morgan fingerprint density at radius 3 is 2.02 bits per heavy atom. The van der Waals surface area contributed by atoms with Gasteiger partial charge in [-0.05, 0) is 77.4 Å². The number of hydrogen-bond donors (Lipinski definition) is 2. The van der Waals surface area contributed by atoms with Crippen LogP contribution in [-0.4, -0.2) is 31.1 Å². The predicted octanol–water partition coefficient (Wildman–Crippen LogP) is 7.41. The minimum atomic E-state index is -0.566. The Morgan fingerprint density at radius 2 is 1.40 bits per heavy atom. The summed E-state index contributed by atoms with van der Waals surface area (Å²) in [7, 11) is 0. The van der Waals surface area contributed by atoms with Gasteiger partial charge < -0.3 is 10.2 Å². The molecular formula is C35H31ClN4O2. The van der Waals surface area contributed by atoms with Crippen molar-refractivity contribution in [1.82, 2.24) is 10.7 Å². The fraction of sp³-hybridized carbons (Fsp3) is 0.114. The predicted molar refractivity (Wildman–Crippen MR) is 174 cm³/mol. The van der Waals surface area contributed by atoms with E-state index >= 15 is 0 Å². The first-order valence-corrected chi connectivity index (χ1v) is 14.2. The highest BCUT2D eigenvalue weighted by Gasteiger charge is 2.17. The van der Waals surface area contributed by atoms with E-state index in [9.17, 15) is 9.59 Å². The molecule has 6 nitrogen and oxygen atoms in total. The number of hydrogen-bond acceptors (Lipinski definition) is 4. The number of hydrazone groups is 1. The second-order valence-corrected chi connectivity index (χ2v) is 10.1. The molecule has 2 N–H and O–H groups in total. The summed E-state index contributed by atoms with van der Waals surface area (Å²) in [6.45, 7) is 5.98. The zero-order chi connectivity index (χ0) is 29.5. The van der Waals surface area contributed by atoms with Gasteiger partial charge in [0.15, 0.2) is 0 Å². The lowest BCUT2D eigenvalue weighted by Gasteiger charge is -2.21. The van der Waals surface area contributed by atoms with Crippen molar-refractivity contribution in [2.75, 3.05) is 18.0 Å². The Hall–Kier alpha value is -4.94. The van der Waals surface area contributed by atoms with Crippen molar-refractivity contribution in [3.8, 4) is 0 Å². The Kier molecular flexibility index (Phi) is 8.95. The van der Waals surface area contributed by atoms with Crippen molar-refractivity contribution >= 4 is 62.9 Å². The molecule has 0 heterocycles. The molecule has 5 rings (SSSR count). The Labute approximate surface area is 250 Å².